The van der Waals surface area contributed by atoms with Crippen molar-refractivity contribution in [1.29, 1.82) is 0 Å². The van der Waals surface area contributed by atoms with Crippen LogP contribution in [-0.2, 0) is 19.4 Å². The first-order valence-corrected chi connectivity index (χ1v) is 10.3. The van der Waals surface area contributed by atoms with Crippen LogP contribution in [0.25, 0.3) is 0 Å². The fraction of sp³-hybridized carbons (Fsp3) is 0.357. The topological polar surface area (TPSA) is 72.5 Å². The number of para-hydroxylation sites is 1. The van der Waals surface area contributed by atoms with Crippen LogP contribution in [-0.4, -0.2) is 24.1 Å². The molecule has 0 aliphatic heterocycles. The summed E-state index contributed by atoms with van der Waals surface area (Å²) in [7, 11) is -3.87. The molecule has 24 heavy (non-hydrogen) atoms. The highest BCUT2D eigenvalue weighted by molar-refractivity contribution is 8.05. The van der Waals surface area contributed by atoms with Gasteiger partial charge in [-0.1, -0.05) is 60.3 Å². The maximum atomic E-state index is 12.4. The van der Waals surface area contributed by atoms with Gasteiger partial charge in [0.2, 0.25) is 9.84 Å². The van der Waals surface area contributed by atoms with Gasteiger partial charge in [-0.05, 0) is 18.6 Å². The number of carbonyl (C=O) groups is 1. The smallest absolute Gasteiger partial charge is 0.331 e. The summed E-state index contributed by atoms with van der Waals surface area (Å²) in [5.41, 5.74) is 0.234. The molecule has 1 aromatic rings. The summed E-state index contributed by atoms with van der Waals surface area (Å²) < 4.78 is 30.6. The quantitative estimate of drug-likeness (QED) is 0.211. The van der Waals surface area contributed by atoms with Gasteiger partial charge in [-0.15, -0.1) is 0 Å². The van der Waals surface area contributed by atoms with Crippen molar-refractivity contribution in [1.82, 2.24) is 0 Å². The number of nitrogens with one attached hydrogen (secondary N) is 1. The Morgan fingerprint density at radius 3 is 2.62 bits per heavy atom. The van der Waals surface area contributed by atoms with Crippen molar-refractivity contribution in [2.24, 2.45) is 0 Å². The highest BCUT2D eigenvalue weighted by Crippen LogP contribution is 2.40. The number of rotatable bonds is 8. The Hall–Kier alpha value is -0.600. The number of esters is 1. The van der Waals surface area contributed by atoms with Crippen molar-refractivity contribution < 1.29 is 17.9 Å². The Labute approximate surface area is 160 Å². The third-order valence-corrected chi connectivity index (χ3v) is 5.31. The van der Waals surface area contributed by atoms with Gasteiger partial charge in [0.25, 0.3) is 3.12 Å². The Balaban J connectivity index is 2.89. The third-order valence-electron chi connectivity index (χ3n) is 2.60. The number of halogens is 3. The molecule has 0 unspecified atom stereocenters. The second kappa shape index (κ2) is 9.77. The van der Waals surface area contributed by atoms with E-state index in [9.17, 15) is 13.2 Å². The Kier molecular flexibility index (Phi) is 8.73. The molecule has 5 nitrogen and oxygen atoms in total. The van der Waals surface area contributed by atoms with E-state index in [1.807, 2.05) is 6.92 Å². The van der Waals surface area contributed by atoms with E-state index >= 15 is 0 Å². The van der Waals surface area contributed by atoms with Gasteiger partial charge in [0, 0.05) is 23.4 Å². The molecule has 0 amide bonds. The van der Waals surface area contributed by atoms with Crippen LogP contribution in [0.2, 0.25) is 0 Å². The van der Waals surface area contributed by atoms with Crippen LogP contribution in [0.3, 0.4) is 0 Å². The standard InChI is InChI=1S/C14H16Cl3NO4S2/c1-2-3-9-22-13(19)8-10-24(20,21)12-7-5-4-6-11(12)18-23-14(15,16)17/h4-8,10,18H,2-3,9H2,1H3. The Bertz CT molecular complexity index is 688. The van der Waals surface area contributed by atoms with E-state index in [0.717, 1.165) is 29.9 Å². The summed E-state index contributed by atoms with van der Waals surface area (Å²) in [6, 6.07) is 6.07. The maximum Gasteiger partial charge on any atom is 0.331 e. The zero-order chi connectivity index (χ0) is 18.2. The van der Waals surface area contributed by atoms with Gasteiger partial charge in [0.05, 0.1) is 17.2 Å². The molecule has 1 N–H and O–H groups in total. The van der Waals surface area contributed by atoms with E-state index in [0.29, 0.717) is 6.42 Å². The zero-order valence-electron chi connectivity index (χ0n) is 12.7. The van der Waals surface area contributed by atoms with Crippen LogP contribution in [0.5, 0.6) is 0 Å². The summed E-state index contributed by atoms with van der Waals surface area (Å²) in [5.74, 6) is -0.715. The van der Waals surface area contributed by atoms with Crippen molar-refractivity contribution in [3.05, 3.63) is 35.7 Å². The summed E-state index contributed by atoms with van der Waals surface area (Å²) in [4.78, 5) is 11.4. The number of unbranched alkanes of at least 4 members (excludes halogenated alkanes) is 1. The molecule has 134 valence electrons. The average Bonchev–Trinajstić information content (AvgIpc) is 2.51. The van der Waals surface area contributed by atoms with Crippen molar-refractivity contribution in [3.63, 3.8) is 0 Å². The zero-order valence-corrected chi connectivity index (χ0v) is 16.6. The SMILES string of the molecule is CCCCOC(=O)C=CS(=O)(=O)c1ccccc1NSC(Cl)(Cl)Cl. The first kappa shape index (κ1) is 21.4. The van der Waals surface area contributed by atoms with Crippen molar-refractivity contribution in [2.75, 3.05) is 11.3 Å². The molecular formula is C14H16Cl3NO4S2. The van der Waals surface area contributed by atoms with Crippen molar-refractivity contribution in [3.8, 4) is 0 Å². The van der Waals surface area contributed by atoms with E-state index in [4.69, 9.17) is 39.5 Å². The minimum atomic E-state index is -3.87. The monoisotopic (exact) mass is 431 g/mol. The van der Waals surface area contributed by atoms with Crippen LogP contribution in [0, 0.1) is 0 Å². The molecule has 0 saturated heterocycles. The van der Waals surface area contributed by atoms with Crippen LogP contribution in [0.1, 0.15) is 19.8 Å². The first-order chi connectivity index (χ1) is 11.2. The molecule has 10 heteroatoms. The number of carbonyl (C=O) groups excluding carboxylic acids is 1. The highest BCUT2D eigenvalue weighted by atomic mass is 35.6. The fourth-order valence-corrected chi connectivity index (χ4v) is 3.44. The van der Waals surface area contributed by atoms with E-state index in [2.05, 4.69) is 4.72 Å². The lowest BCUT2D eigenvalue weighted by Crippen LogP contribution is -2.06. The lowest BCUT2D eigenvalue weighted by Gasteiger charge is -2.14. The van der Waals surface area contributed by atoms with Gasteiger partial charge in [-0.3, -0.25) is 0 Å². The lowest BCUT2D eigenvalue weighted by molar-refractivity contribution is -0.137. The number of anilines is 1. The number of hydrogen-bond donors (Lipinski definition) is 1. The van der Waals surface area contributed by atoms with Gasteiger partial charge in [0.15, 0.2) is 0 Å². The molecule has 0 aromatic heterocycles. The number of benzene rings is 1. The molecule has 0 spiro atoms. The predicted molar refractivity (Wildman–Crippen MR) is 100 cm³/mol. The van der Waals surface area contributed by atoms with Crippen molar-refractivity contribution in [2.45, 2.75) is 27.8 Å². The highest BCUT2D eigenvalue weighted by Gasteiger charge is 2.23. The Morgan fingerprint density at radius 2 is 2.00 bits per heavy atom. The van der Waals surface area contributed by atoms with Gasteiger partial charge in [-0.25, -0.2) is 13.2 Å². The number of alkyl halides is 3. The minimum Gasteiger partial charge on any atom is -0.463 e. The number of hydrogen-bond acceptors (Lipinski definition) is 6. The Morgan fingerprint density at radius 1 is 1.33 bits per heavy atom. The van der Waals surface area contributed by atoms with Crippen LogP contribution in [0.4, 0.5) is 5.69 Å². The molecule has 0 radical (unpaired) electrons. The molecule has 0 saturated carbocycles. The second-order valence-corrected chi connectivity index (χ2v) is 10.3. The summed E-state index contributed by atoms with van der Waals surface area (Å²) >= 11 is 17.6. The first-order valence-electron chi connectivity index (χ1n) is 6.85. The van der Waals surface area contributed by atoms with Gasteiger partial charge in [0.1, 0.15) is 0 Å². The minimum absolute atomic E-state index is 0.0515. The summed E-state index contributed by atoms with van der Waals surface area (Å²) in [6.45, 7) is 2.20. The summed E-state index contributed by atoms with van der Waals surface area (Å²) in [6.07, 6.45) is 2.46. The van der Waals surface area contributed by atoms with E-state index in [1.54, 1.807) is 12.1 Å². The second-order valence-electron chi connectivity index (χ2n) is 4.51. The predicted octanol–water partition coefficient (Wildman–Crippen LogP) is 4.71. The van der Waals surface area contributed by atoms with Crippen molar-refractivity contribution >= 4 is 68.2 Å². The van der Waals surface area contributed by atoms with Crippen LogP contribution >= 0.6 is 46.8 Å². The third kappa shape index (κ3) is 7.98. The molecule has 0 aliphatic carbocycles. The summed E-state index contributed by atoms with van der Waals surface area (Å²) in [5, 5.41) is 0.793. The maximum absolute atomic E-state index is 12.4. The molecule has 0 heterocycles. The van der Waals surface area contributed by atoms with Gasteiger partial charge in [-0.2, -0.15) is 0 Å². The fourth-order valence-electron chi connectivity index (χ4n) is 1.50. The number of ether oxygens (including phenoxy) is 1. The number of sulfone groups is 1. The van der Waals surface area contributed by atoms with Crippen LogP contribution < -0.4 is 4.72 Å². The average molecular weight is 433 g/mol. The molecular weight excluding hydrogens is 417 g/mol. The molecule has 0 aliphatic rings. The van der Waals surface area contributed by atoms with E-state index < -0.39 is 18.9 Å². The van der Waals surface area contributed by atoms with Crippen LogP contribution in [0.15, 0.2) is 40.6 Å². The normalized spacial score (nSPS) is 12.3. The van der Waals surface area contributed by atoms with E-state index in [-0.39, 0.29) is 17.2 Å². The molecule has 1 aromatic carbocycles. The van der Waals surface area contributed by atoms with Gasteiger partial charge < -0.3 is 9.46 Å². The molecule has 0 atom stereocenters. The van der Waals surface area contributed by atoms with E-state index in [1.165, 1.54) is 12.1 Å². The molecule has 1 rings (SSSR count). The lowest BCUT2D eigenvalue weighted by atomic mass is 10.3. The van der Waals surface area contributed by atoms with Gasteiger partial charge >= 0.3 is 5.97 Å². The molecule has 0 bridgehead atoms. The molecule has 0 fully saturated rings. The largest absolute Gasteiger partial charge is 0.463 e.